The highest BCUT2D eigenvalue weighted by atomic mass is 19.1. The van der Waals surface area contributed by atoms with E-state index in [1.807, 2.05) is 36.4 Å². The first kappa shape index (κ1) is 26.2. The average molecular weight is 527 g/mol. The molecule has 1 aliphatic rings. The molecular weight excluding hydrogens is 495 g/mol. The van der Waals surface area contributed by atoms with Crippen molar-refractivity contribution in [2.75, 3.05) is 26.2 Å². The Balaban J connectivity index is 1.31. The lowest BCUT2D eigenvalue weighted by Gasteiger charge is -2.18. The van der Waals surface area contributed by atoms with Gasteiger partial charge in [-0.2, -0.15) is 5.10 Å². The molecule has 5 rings (SSSR count). The molecule has 4 aromatic rings. The number of aromatic amines is 1. The van der Waals surface area contributed by atoms with Crippen molar-refractivity contribution in [3.05, 3.63) is 93.7 Å². The number of carbonyl (C=O) groups excluding carboxylic acids is 1. The van der Waals surface area contributed by atoms with Gasteiger partial charge < -0.3 is 10.2 Å². The van der Waals surface area contributed by atoms with Crippen molar-refractivity contribution < 1.29 is 9.18 Å². The summed E-state index contributed by atoms with van der Waals surface area (Å²) in [5.41, 5.74) is 4.17. The minimum absolute atomic E-state index is 0.237. The second kappa shape index (κ2) is 11.6. The van der Waals surface area contributed by atoms with Crippen molar-refractivity contribution in [2.45, 2.75) is 26.7 Å². The number of nitrogens with one attached hydrogen (secondary N) is 3. The Morgan fingerprint density at radius 2 is 1.85 bits per heavy atom. The van der Waals surface area contributed by atoms with Crippen LogP contribution in [0.15, 0.2) is 70.5 Å². The van der Waals surface area contributed by atoms with Gasteiger partial charge in [0, 0.05) is 36.9 Å². The molecule has 39 heavy (non-hydrogen) atoms. The summed E-state index contributed by atoms with van der Waals surface area (Å²) in [5, 5.41) is 13.9. The van der Waals surface area contributed by atoms with Gasteiger partial charge in [-0.3, -0.25) is 10.1 Å². The molecule has 0 saturated heterocycles. The van der Waals surface area contributed by atoms with E-state index in [9.17, 15) is 14.0 Å². The van der Waals surface area contributed by atoms with Gasteiger partial charge in [0.2, 0.25) is 0 Å². The third kappa shape index (κ3) is 5.88. The summed E-state index contributed by atoms with van der Waals surface area (Å²) >= 11 is 0. The maximum Gasteiger partial charge on any atom is 0.320 e. The number of amides is 2. The highest BCUT2D eigenvalue weighted by molar-refractivity contribution is 6.02. The van der Waals surface area contributed by atoms with Crippen LogP contribution in [0.5, 0.6) is 0 Å². The van der Waals surface area contributed by atoms with Gasteiger partial charge in [0.15, 0.2) is 0 Å². The molecule has 1 aliphatic heterocycles. The first-order valence-electron chi connectivity index (χ1n) is 13.2. The van der Waals surface area contributed by atoms with Gasteiger partial charge in [-0.05, 0) is 54.0 Å². The second-order valence-electron chi connectivity index (χ2n) is 9.52. The van der Waals surface area contributed by atoms with Crippen molar-refractivity contribution >= 4 is 28.3 Å². The molecule has 0 saturated carbocycles. The van der Waals surface area contributed by atoms with Crippen LogP contribution in [-0.4, -0.2) is 53.1 Å². The summed E-state index contributed by atoms with van der Waals surface area (Å²) in [6.07, 6.45) is 0.942. The number of rotatable bonds is 8. The molecule has 8 nitrogen and oxygen atoms in total. The fraction of sp³-hybridized carbons (Fsp3) is 0.267. The van der Waals surface area contributed by atoms with E-state index in [1.165, 1.54) is 6.07 Å². The van der Waals surface area contributed by atoms with Gasteiger partial charge in [-0.15, -0.1) is 0 Å². The number of benzene rings is 3. The van der Waals surface area contributed by atoms with Crippen LogP contribution in [0.4, 0.5) is 14.9 Å². The van der Waals surface area contributed by atoms with Crippen molar-refractivity contribution in [3.63, 3.8) is 0 Å². The average Bonchev–Trinajstić information content (AvgIpc) is 3.35. The molecule has 3 aromatic carbocycles. The lowest BCUT2D eigenvalue weighted by Crippen LogP contribution is -2.42. The first-order chi connectivity index (χ1) is 18.9. The highest BCUT2D eigenvalue weighted by Crippen LogP contribution is 2.33. The third-order valence-electron chi connectivity index (χ3n) is 7.05. The Morgan fingerprint density at radius 3 is 2.64 bits per heavy atom. The zero-order valence-corrected chi connectivity index (χ0v) is 22.1. The Kier molecular flexibility index (Phi) is 7.79. The molecule has 2 heterocycles. The number of fused-ring (bicyclic) bond motifs is 2. The molecule has 2 amide bonds. The van der Waals surface area contributed by atoms with Gasteiger partial charge in [0.1, 0.15) is 11.7 Å². The smallest absolute Gasteiger partial charge is 0.320 e. The molecule has 0 fully saturated rings. The molecule has 3 N–H and O–H groups in total. The number of urea groups is 1. The number of H-pyrrole nitrogens is 1. The number of carbonyl (C=O) groups is 1. The number of hydrogen-bond donors (Lipinski definition) is 3. The minimum Gasteiger partial charge on any atom is -0.337 e. The molecule has 0 radical (unpaired) electrons. The Bertz CT molecular complexity index is 1610. The van der Waals surface area contributed by atoms with E-state index in [2.05, 4.69) is 44.6 Å². The van der Waals surface area contributed by atoms with E-state index in [0.29, 0.717) is 53.1 Å². The predicted molar refractivity (Wildman–Crippen MR) is 152 cm³/mol. The van der Waals surface area contributed by atoms with Crippen molar-refractivity contribution in [1.82, 2.24) is 25.7 Å². The van der Waals surface area contributed by atoms with Crippen molar-refractivity contribution in [1.29, 1.82) is 0 Å². The fourth-order valence-electron chi connectivity index (χ4n) is 4.87. The summed E-state index contributed by atoms with van der Waals surface area (Å²) in [6, 6.07) is 17.7. The van der Waals surface area contributed by atoms with E-state index >= 15 is 0 Å². The van der Waals surface area contributed by atoms with Crippen LogP contribution in [0.1, 0.15) is 30.7 Å². The highest BCUT2D eigenvalue weighted by Gasteiger charge is 2.18. The quantitative estimate of drug-likeness (QED) is 0.314. The minimum atomic E-state index is -0.342. The van der Waals surface area contributed by atoms with E-state index in [0.717, 1.165) is 36.1 Å². The van der Waals surface area contributed by atoms with Gasteiger partial charge in [-0.1, -0.05) is 50.2 Å². The molecule has 200 valence electrons. The predicted octanol–water partition coefficient (Wildman–Crippen LogP) is 4.55. The van der Waals surface area contributed by atoms with Crippen LogP contribution in [0.2, 0.25) is 0 Å². The van der Waals surface area contributed by atoms with Gasteiger partial charge >= 0.3 is 6.03 Å². The Labute approximate surface area is 226 Å². The lowest BCUT2D eigenvalue weighted by atomic mass is 9.97. The topological polar surface area (TPSA) is 102 Å². The number of halogens is 1. The Morgan fingerprint density at radius 1 is 1.05 bits per heavy atom. The number of hydrogen-bond acceptors (Lipinski definition) is 5. The van der Waals surface area contributed by atoms with Gasteiger partial charge in [0.25, 0.3) is 5.56 Å². The molecule has 0 atom stereocenters. The number of amidine groups is 1. The normalized spacial score (nSPS) is 12.5. The van der Waals surface area contributed by atoms with Crippen LogP contribution in [0, 0.1) is 5.82 Å². The summed E-state index contributed by atoms with van der Waals surface area (Å²) in [7, 11) is 0. The molecule has 0 bridgehead atoms. The van der Waals surface area contributed by atoms with Crippen LogP contribution in [-0.2, 0) is 12.8 Å². The summed E-state index contributed by atoms with van der Waals surface area (Å²) < 4.78 is 15.0. The summed E-state index contributed by atoms with van der Waals surface area (Å²) in [6.45, 7) is 7.40. The van der Waals surface area contributed by atoms with Gasteiger partial charge in [-0.25, -0.2) is 19.3 Å². The van der Waals surface area contributed by atoms with Crippen molar-refractivity contribution in [3.8, 4) is 11.1 Å². The maximum atomic E-state index is 15.0. The first-order valence-corrected chi connectivity index (χ1v) is 13.2. The van der Waals surface area contributed by atoms with Crippen LogP contribution in [0.3, 0.4) is 0 Å². The van der Waals surface area contributed by atoms with E-state index < -0.39 is 0 Å². The maximum absolute atomic E-state index is 15.0. The summed E-state index contributed by atoms with van der Waals surface area (Å²) in [5.74, 6) is 0.221. The zero-order valence-electron chi connectivity index (χ0n) is 22.1. The largest absolute Gasteiger partial charge is 0.337 e. The molecule has 0 spiro atoms. The van der Waals surface area contributed by atoms with E-state index in [4.69, 9.17) is 0 Å². The fourth-order valence-corrected chi connectivity index (χ4v) is 4.87. The number of likely N-dealkylation sites (N-methyl/N-ethyl adjacent to an activating group) is 1. The molecule has 0 unspecified atom stereocenters. The number of aliphatic imine (C=N–C) groups is 1. The van der Waals surface area contributed by atoms with Crippen LogP contribution < -0.4 is 16.2 Å². The SMILES string of the molecule is CCN(CC)CCNC(=O)NC1=Nc2cc(-c3cc(Cc4n[nH]c(=O)c5ccccc45)ccc3F)ccc2C1. The Hall–Kier alpha value is -4.37. The molecular formula is C30H31FN6O2. The van der Waals surface area contributed by atoms with E-state index in [1.54, 1.807) is 18.2 Å². The monoisotopic (exact) mass is 526 g/mol. The second-order valence-corrected chi connectivity index (χ2v) is 9.52. The third-order valence-corrected chi connectivity index (χ3v) is 7.05. The van der Waals surface area contributed by atoms with Gasteiger partial charge in [0.05, 0.1) is 16.8 Å². The number of aromatic nitrogens is 2. The lowest BCUT2D eigenvalue weighted by molar-refractivity contribution is 0.241. The molecule has 0 aliphatic carbocycles. The standard InChI is InChI=1S/C30H31FN6O2/c1-3-37(4-2)14-13-32-30(39)34-28-18-21-11-10-20(17-26(21)33-28)24-15-19(9-12-25(24)31)16-27-22-7-5-6-8-23(22)29(38)36-35-27/h5-12,15,17H,3-4,13-14,16,18H2,1-2H3,(H,36,38)(H2,32,33,34,39). The van der Waals surface area contributed by atoms with Crippen molar-refractivity contribution in [2.24, 2.45) is 4.99 Å². The van der Waals surface area contributed by atoms with E-state index in [-0.39, 0.29) is 17.4 Å². The van der Waals surface area contributed by atoms with Crippen LogP contribution in [0.25, 0.3) is 21.9 Å². The number of nitrogens with zero attached hydrogens (tertiary/aromatic N) is 3. The summed E-state index contributed by atoms with van der Waals surface area (Å²) in [4.78, 5) is 31.3. The molecule has 9 heteroatoms. The zero-order chi connectivity index (χ0) is 27.4. The molecule has 1 aromatic heterocycles. The van der Waals surface area contributed by atoms with Crippen LogP contribution >= 0.6 is 0 Å².